The van der Waals surface area contributed by atoms with Crippen LogP contribution in [0.3, 0.4) is 0 Å². The number of pyridine rings is 2. The van der Waals surface area contributed by atoms with Crippen LogP contribution in [0.5, 0.6) is 5.88 Å². The number of H-pyrrole nitrogens is 1. The highest BCUT2D eigenvalue weighted by Gasteiger charge is 2.38. The molecule has 0 saturated carbocycles. The lowest BCUT2D eigenvalue weighted by atomic mass is 10.00. The molecule has 0 aromatic carbocycles. The van der Waals surface area contributed by atoms with Crippen molar-refractivity contribution in [2.24, 2.45) is 0 Å². The molecule has 0 saturated heterocycles. The Bertz CT molecular complexity index is 1510. The maximum absolute atomic E-state index is 13.6. The van der Waals surface area contributed by atoms with E-state index in [0.717, 1.165) is 11.8 Å². The van der Waals surface area contributed by atoms with Gasteiger partial charge in [-0.15, -0.1) is 5.10 Å². The van der Waals surface area contributed by atoms with Crippen molar-refractivity contribution in [1.29, 1.82) is 0 Å². The number of alkyl halides is 3. The fourth-order valence-electron chi connectivity index (χ4n) is 4.27. The Labute approximate surface area is 195 Å². The van der Waals surface area contributed by atoms with Gasteiger partial charge in [0.1, 0.15) is 6.04 Å². The zero-order valence-corrected chi connectivity index (χ0v) is 18.2. The van der Waals surface area contributed by atoms with Gasteiger partial charge in [-0.2, -0.15) is 18.3 Å². The number of hydrogen-bond donors (Lipinski definition) is 1. The normalized spacial score (nSPS) is 16.0. The molecule has 0 bridgehead atoms. The summed E-state index contributed by atoms with van der Waals surface area (Å²) in [6.45, 7) is 0.461. The second-order valence-corrected chi connectivity index (χ2v) is 7.91. The van der Waals surface area contributed by atoms with Crippen LogP contribution in [0.2, 0.25) is 0 Å². The largest absolute Gasteiger partial charge is 0.481 e. The van der Waals surface area contributed by atoms with E-state index < -0.39 is 17.8 Å². The summed E-state index contributed by atoms with van der Waals surface area (Å²) in [7, 11) is 1.52. The van der Waals surface area contributed by atoms with Gasteiger partial charge in [0.2, 0.25) is 5.88 Å². The van der Waals surface area contributed by atoms with Crippen molar-refractivity contribution in [3.63, 3.8) is 0 Å². The molecular formula is C22H17F3N8O2. The number of halogens is 3. The van der Waals surface area contributed by atoms with Gasteiger partial charge < -0.3 is 19.0 Å². The predicted molar refractivity (Wildman–Crippen MR) is 116 cm³/mol. The van der Waals surface area contributed by atoms with Gasteiger partial charge in [0, 0.05) is 37.1 Å². The fourth-order valence-corrected chi connectivity index (χ4v) is 4.27. The lowest BCUT2D eigenvalue weighted by molar-refractivity contribution is -0.136. The maximum atomic E-state index is 13.6. The van der Waals surface area contributed by atoms with Crippen molar-refractivity contribution in [3.8, 4) is 17.3 Å². The molecule has 1 aliphatic rings. The van der Waals surface area contributed by atoms with E-state index in [1.54, 1.807) is 29.6 Å². The van der Waals surface area contributed by atoms with Crippen LogP contribution in [0.15, 0.2) is 53.5 Å². The molecule has 0 spiro atoms. The summed E-state index contributed by atoms with van der Waals surface area (Å²) in [5.74, 6) is 0.691. The van der Waals surface area contributed by atoms with Crippen molar-refractivity contribution in [2.75, 3.05) is 18.6 Å². The van der Waals surface area contributed by atoms with Crippen LogP contribution in [0.25, 0.3) is 17.0 Å². The monoisotopic (exact) mass is 482 g/mol. The Morgan fingerprint density at radius 3 is 2.83 bits per heavy atom. The van der Waals surface area contributed by atoms with E-state index in [9.17, 15) is 13.2 Å². The topological polar surface area (TPSA) is 110 Å². The molecule has 0 unspecified atom stereocenters. The van der Waals surface area contributed by atoms with Crippen LogP contribution >= 0.6 is 0 Å². The Morgan fingerprint density at radius 1 is 1.17 bits per heavy atom. The molecular weight excluding hydrogens is 465 g/mol. The fraction of sp³-hybridized carbons (Fsp3) is 0.227. The molecule has 13 heteroatoms. The van der Waals surface area contributed by atoms with Crippen LogP contribution < -0.4 is 9.64 Å². The Morgan fingerprint density at radius 2 is 2.06 bits per heavy atom. The van der Waals surface area contributed by atoms with Crippen LogP contribution in [0.4, 0.5) is 19.2 Å². The molecule has 35 heavy (non-hydrogen) atoms. The van der Waals surface area contributed by atoms with E-state index in [1.807, 2.05) is 0 Å². The zero-order chi connectivity index (χ0) is 24.2. The first-order valence-electron chi connectivity index (χ1n) is 10.6. The standard InChI is InChI=1S/C22H17F3N8O2/c1-34-17-5-4-12(10-26-17)20-29-30-21(35-20)32-8-6-14-18(28-11-27-14)19(32)15-9-16-13(22(23,24)25)3-2-7-33(16)31-15/h2-5,7,9-11,19H,6,8H2,1H3,(H,27,28)/t19-/m1/s1. The average molecular weight is 482 g/mol. The molecule has 6 heterocycles. The van der Waals surface area contributed by atoms with Crippen LogP contribution in [-0.4, -0.2) is 48.4 Å². The van der Waals surface area contributed by atoms with E-state index >= 15 is 0 Å². The summed E-state index contributed by atoms with van der Waals surface area (Å²) in [4.78, 5) is 13.5. The predicted octanol–water partition coefficient (Wildman–Crippen LogP) is 3.68. The third-order valence-corrected chi connectivity index (χ3v) is 5.88. The first-order chi connectivity index (χ1) is 16.9. The molecule has 1 aliphatic heterocycles. The minimum Gasteiger partial charge on any atom is -0.481 e. The average Bonchev–Trinajstić information content (AvgIpc) is 3.61. The Kier molecular flexibility index (Phi) is 4.72. The zero-order valence-electron chi connectivity index (χ0n) is 18.2. The van der Waals surface area contributed by atoms with Gasteiger partial charge in [0.15, 0.2) is 0 Å². The molecule has 0 amide bonds. The summed E-state index contributed by atoms with van der Waals surface area (Å²) in [6.07, 6.45) is 0.678. The third-order valence-electron chi connectivity index (χ3n) is 5.88. The molecule has 6 rings (SSSR count). The van der Waals surface area contributed by atoms with Crippen molar-refractivity contribution in [2.45, 2.75) is 18.6 Å². The molecule has 0 radical (unpaired) electrons. The van der Waals surface area contributed by atoms with Gasteiger partial charge in [0.05, 0.1) is 41.5 Å². The van der Waals surface area contributed by atoms with Crippen LogP contribution in [0.1, 0.15) is 28.7 Å². The lowest BCUT2D eigenvalue weighted by Crippen LogP contribution is -2.36. The quantitative estimate of drug-likeness (QED) is 0.413. The number of ether oxygens (including phenoxy) is 1. The second kappa shape index (κ2) is 7.82. The molecule has 5 aromatic heterocycles. The van der Waals surface area contributed by atoms with Crippen molar-refractivity contribution >= 4 is 11.5 Å². The molecule has 5 aromatic rings. The third kappa shape index (κ3) is 3.55. The number of aromatic nitrogens is 7. The number of nitrogens with zero attached hydrogens (tertiary/aromatic N) is 7. The summed E-state index contributed by atoms with van der Waals surface area (Å²) in [5.41, 5.74) is 1.67. The molecule has 10 nitrogen and oxygen atoms in total. The number of aromatic amines is 1. The SMILES string of the molecule is COc1ccc(-c2nnc(N3CCc4[nH]cnc4[C@H]3c3cc4c(C(F)(F)F)cccn4n3)o2)cn1. The van der Waals surface area contributed by atoms with E-state index in [1.165, 1.54) is 30.0 Å². The maximum Gasteiger partial charge on any atom is 0.418 e. The van der Waals surface area contributed by atoms with Crippen LogP contribution in [-0.2, 0) is 12.6 Å². The van der Waals surface area contributed by atoms with Crippen LogP contribution in [0, 0.1) is 0 Å². The summed E-state index contributed by atoms with van der Waals surface area (Å²) < 4.78 is 53.0. The number of hydrogen-bond acceptors (Lipinski definition) is 8. The summed E-state index contributed by atoms with van der Waals surface area (Å²) in [5, 5.41) is 12.8. The van der Waals surface area contributed by atoms with E-state index in [0.29, 0.717) is 35.8 Å². The van der Waals surface area contributed by atoms with Crippen molar-refractivity contribution in [3.05, 3.63) is 71.7 Å². The molecule has 178 valence electrons. The Hall–Kier alpha value is -4.42. The summed E-state index contributed by atoms with van der Waals surface area (Å²) in [6, 6.07) is 6.76. The minimum atomic E-state index is -4.52. The first-order valence-corrected chi connectivity index (χ1v) is 10.6. The van der Waals surface area contributed by atoms with Gasteiger partial charge >= 0.3 is 12.2 Å². The number of nitrogens with one attached hydrogen (secondary N) is 1. The molecule has 1 atom stereocenters. The minimum absolute atomic E-state index is 0.0480. The second-order valence-electron chi connectivity index (χ2n) is 7.91. The Balaban J connectivity index is 1.43. The molecule has 0 fully saturated rings. The number of anilines is 1. The highest BCUT2D eigenvalue weighted by molar-refractivity contribution is 5.59. The van der Waals surface area contributed by atoms with Gasteiger partial charge in [-0.3, -0.25) is 0 Å². The number of methoxy groups -OCH3 is 1. The van der Waals surface area contributed by atoms with Gasteiger partial charge in [-0.25, -0.2) is 14.5 Å². The van der Waals surface area contributed by atoms with E-state index in [2.05, 4.69) is 30.2 Å². The highest BCUT2D eigenvalue weighted by atomic mass is 19.4. The number of rotatable bonds is 4. The smallest absolute Gasteiger partial charge is 0.418 e. The van der Waals surface area contributed by atoms with E-state index in [4.69, 9.17) is 9.15 Å². The van der Waals surface area contributed by atoms with E-state index in [-0.39, 0.29) is 17.4 Å². The van der Waals surface area contributed by atoms with Gasteiger partial charge in [-0.05, 0) is 24.3 Å². The molecule has 0 aliphatic carbocycles. The van der Waals surface area contributed by atoms with Crippen molar-refractivity contribution < 1.29 is 22.3 Å². The lowest BCUT2D eigenvalue weighted by Gasteiger charge is -2.32. The number of imidazole rings is 1. The number of fused-ring (bicyclic) bond motifs is 2. The summed E-state index contributed by atoms with van der Waals surface area (Å²) >= 11 is 0. The highest BCUT2D eigenvalue weighted by Crippen LogP contribution is 2.39. The molecule has 1 N–H and O–H groups in total. The van der Waals surface area contributed by atoms with Crippen molar-refractivity contribution in [1.82, 2.24) is 34.8 Å². The first kappa shape index (κ1) is 21.1. The van der Waals surface area contributed by atoms with Gasteiger partial charge in [-0.1, -0.05) is 5.10 Å². The van der Waals surface area contributed by atoms with Gasteiger partial charge in [0.25, 0.3) is 5.89 Å².